The van der Waals surface area contributed by atoms with E-state index in [0.717, 1.165) is 18.5 Å². The summed E-state index contributed by atoms with van der Waals surface area (Å²) >= 11 is 0. The Hall–Kier alpha value is -1.22. The summed E-state index contributed by atoms with van der Waals surface area (Å²) in [6.45, 7) is 1.03. The summed E-state index contributed by atoms with van der Waals surface area (Å²) in [4.78, 5) is 0. The van der Waals surface area contributed by atoms with Crippen molar-refractivity contribution in [2.24, 2.45) is 0 Å². The fraction of sp³-hybridized carbons (Fsp3) is 0.333. The minimum atomic E-state index is 0.300. The average molecular weight is 164 g/mol. The number of nitrogens with one attached hydrogen (secondary N) is 1. The molecule has 64 valence electrons. The molecule has 4 N–H and O–H groups in total. The Bertz CT molecular complexity index is 295. The normalized spacial score (nSPS) is 21.8. The summed E-state index contributed by atoms with van der Waals surface area (Å²) in [5.41, 5.74) is 7.23. The average Bonchev–Trinajstić information content (AvgIpc) is 1.93. The van der Waals surface area contributed by atoms with Crippen LogP contribution in [0.4, 0.5) is 5.69 Å². The second-order valence-corrected chi connectivity index (χ2v) is 3.11. The molecule has 0 amide bonds. The van der Waals surface area contributed by atoms with E-state index < -0.39 is 0 Å². The van der Waals surface area contributed by atoms with E-state index in [1.54, 1.807) is 12.1 Å². The van der Waals surface area contributed by atoms with Gasteiger partial charge in [0.1, 0.15) is 5.75 Å². The first-order valence-electron chi connectivity index (χ1n) is 4.09. The third kappa shape index (κ3) is 1.12. The molecule has 0 spiro atoms. The number of hydrogen-bond acceptors (Lipinski definition) is 3. The molecule has 3 heteroatoms. The third-order valence-electron chi connectivity index (χ3n) is 2.25. The van der Waals surface area contributed by atoms with Crippen molar-refractivity contribution in [3.63, 3.8) is 0 Å². The van der Waals surface area contributed by atoms with Crippen LogP contribution < -0.4 is 11.1 Å². The van der Waals surface area contributed by atoms with Crippen LogP contribution in [0.1, 0.15) is 18.0 Å². The molecule has 3 nitrogen and oxygen atoms in total. The molecular weight excluding hydrogens is 152 g/mol. The van der Waals surface area contributed by atoms with Gasteiger partial charge in [0.25, 0.3) is 0 Å². The van der Waals surface area contributed by atoms with E-state index in [1.807, 2.05) is 6.07 Å². The standard InChI is InChI=1S/C9H12N2O/c10-6-1-2-9(12)7(5-6)8-3-4-11-8/h1-2,5,8,11-12H,3-4,10H2/t8-/m1/s1. The molecule has 1 aliphatic rings. The first-order valence-corrected chi connectivity index (χ1v) is 4.09. The van der Waals surface area contributed by atoms with E-state index >= 15 is 0 Å². The Morgan fingerprint density at radius 1 is 1.50 bits per heavy atom. The zero-order chi connectivity index (χ0) is 8.55. The molecule has 2 rings (SSSR count). The van der Waals surface area contributed by atoms with Gasteiger partial charge in [0.2, 0.25) is 0 Å². The summed E-state index contributed by atoms with van der Waals surface area (Å²) in [6, 6.07) is 5.47. The maximum atomic E-state index is 9.47. The molecule has 0 bridgehead atoms. The fourth-order valence-corrected chi connectivity index (χ4v) is 1.41. The van der Waals surface area contributed by atoms with Crippen molar-refractivity contribution in [1.82, 2.24) is 5.32 Å². The number of nitrogens with two attached hydrogens (primary N) is 1. The summed E-state index contributed by atoms with van der Waals surface area (Å²) < 4.78 is 0. The maximum Gasteiger partial charge on any atom is 0.120 e. The molecule has 0 aliphatic carbocycles. The highest BCUT2D eigenvalue weighted by atomic mass is 16.3. The molecule has 0 unspecified atom stereocenters. The topological polar surface area (TPSA) is 58.3 Å². The number of anilines is 1. The minimum Gasteiger partial charge on any atom is -0.508 e. The molecule has 1 atom stereocenters. The Morgan fingerprint density at radius 2 is 2.25 bits per heavy atom. The SMILES string of the molecule is Nc1ccc(O)c([C@H]2CCN2)c1. The van der Waals surface area contributed by atoms with Crippen LogP contribution in [0.3, 0.4) is 0 Å². The lowest BCUT2D eigenvalue weighted by Crippen LogP contribution is -2.34. The van der Waals surface area contributed by atoms with E-state index in [1.165, 1.54) is 0 Å². The first-order chi connectivity index (χ1) is 5.77. The highest BCUT2D eigenvalue weighted by molar-refractivity contribution is 5.48. The number of benzene rings is 1. The Morgan fingerprint density at radius 3 is 2.83 bits per heavy atom. The van der Waals surface area contributed by atoms with E-state index in [4.69, 9.17) is 5.73 Å². The minimum absolute atomic E-state index is 0.300. The van der Waals surface area contributed by atoms with Crippen LogP contribution in [0, 0.1) is 0 Å². The van der Waals surface area contributed by atoms with Gasteiger partial charge in [-0.15, -0.1) is 0 Å². The number of nitrogen functional groups attached to an aromatic ring is 1. The van der Waals surface area contributed by atoms with Gasteiger partial charge >= 0.3 is 0 Å². The van der Waals surface area contributed by atoms with Gasteiger partial charge in [-0.2, -0.15) is 0 Å². The van der Waals surface area contributed by atoms with Crippen molar-refractivity contribution in [2.45, 2.75) is 12.5 Å². The van der Waals surface area contributed by atoms with Crippen LogP contribution in [0.25, 0.3) is 0 Å². The maximum absolute atomic E-state index is 9.47. The molecule has 1 fully saturated rings. The zero-order valence-corrected chi connectivity index (χ0v) is 6.75. The van der Waals surface area contributed by atoms with Crippen LogP contribution in [-0.4, -0.2) is 11.7 Å². The summed E-state index contributed by atoms with van der Waals surface area (Å²) in [5.74, 6) is 0.335. The van der Waals surface area contributed by atoms with E-state index in [2.05, 4.69) is 5.32 Å². The van der Waals surface area contributed by atoms with Gasteiger partial charge in [0.05, 0.1) is 0 Å². The lowest BCUT2D eigenvalue weighted by Gasteiger charge is -2.28. The Kier molecular flexibility index (Phi) is 1.66. The van der Waals surface area contributed by atoms with Crippen molar-refractivity contribution in [3.05, 3.63) is 23.8 Å². The van der Waals surface area contributed by atoms with Gasteiger partial charge in [0.15, 0.2) is 0 Å². The van der Waals surface area contributed by atoms with Crippen molar-refractivity contribution < 1.29 is 5.11 Å². The van der Waals surface area contributed by atoms with Gasteiger partial charge in [-0.25, -0.2) is 0 Å². The monoisotopic (exact) mass is 164 g/mol. The van der Waals surface area contributed by atoms with Gasteiger partial charge in [-0.3, -0.25) is 0 Å². The summed E-state index contributed by atoms with van der Waals surface area (Å²) in [7, 11) is 0. The van der Waals surface area contributed by atoms with Gasteiger partial charge < -0.3 is 16.2 Å². The predicted molar refractivity (Wildman–Crippen MR) is 47.9 cm³/mol. The molecule has 1 heterocycles. The van der Waals surface area contributed by atoms with Crippen LogP contribution in [0.5, 0.6) is 5.75 Å². The van der Waals surface area contributed by atoms with Crippen LogP contribution in [-0.2, 0) is 0 Å². The molecule has 0 aromatic heterocycles. The van der Waals surface area contributed by atoms with Crippen molar-refractivity contribution >= 4 is 5.69 Å². The first kappa shape index (κ1) is 7.43. The van der Waals surface area contributed by atoms with Crippen LogP contribution in [0.2, 0.25) is 0 Å². The molecule has 1 aliphatic heterocycles. The van der Waals surface area contributed by atoms with Crippen LogP contribution >= 0.6 is 0 Å². The third-order valence-corrected chi connectivity index (χ3v) is 2.25. The highest BCUT2D eigenvalue weighted by Gasteiger charge is 2.21. The summed E-state index contributed by atoms with van der Waals surface area (Å²) in [5, 5.41) is 12.7. The van der Waals surface area contributed by atoms with Crippen LogP contribution in [0.15, 0.2) is 18.2 Å². The molecule has 0 saturated carbocycles. The van der Waals surface area contributed by atoms with Crippen molar-refractivity contribution in [3.8, 4) is 5.75 Å². The van der Waals surface area contributed by atoms with Crippen molar-refractivity contribution in [1.29, 1.82) is 0 Å². The van der Waals surface area contributed by atoms with E-state index in [0.29, 0.717) is 17.5 Å². The molecule has 1 aromatic rings. The zero-order valence-electron chi connectivity index (χ0n) is 6.75. The van der Waals surface area contributed by atoms with Crippen molar-refractivity contribution in [2.75, 3.05) is 12.3 Å². The Balaban J connectivity index is 2.34. The molecule has 1 aromatic carbocycles. The lowest BCUT2D eigenvalue weighted by molar-refractivity contribution is 0.365. The fourth-order valence-electron chi connectivity index (χ4n) is 1.41. The van der Waals surface area contributed by atoms with Gasteiger partial charge in [0, 0.05) is 17.3 Å². The number of phenols is 1. The lowest BCUT2D eigenvalue weighted by atomic mass is 9.97. The number of hydrogen-bond donors (Lipinski definition) is 3. The van der Waals surface area contributed by atoms with Gasteiger partial charge in [-0.1, -0.05) is 0 Å². The number of aromatic hydroxyl groups is 1. The largest absolute Gasteiger partial charge is 0.508 e. The number of rotatable bonds is 1. The van der Waals surface area contributed by atoms with E-state index in [9.17, 15) is 5.11 Å². The summed E-state index contributed by atoms with van der Waals surface area (Å²) in [6.07, 6.45) is 1.08. The number of phenolic OH excluding ortho intramolecular Hbond substituents is 1. The van der Waals surface area contributed by atoms with Gasteiger partial charge in [-0.05, 0) is 31.2 Å². The Labute approximate surface area is 71.2 Å². The van der Waals surface area contributed by atoms with E-state index in [-0.39, 0.29) is 0 Å². The smallest absolute Gasteiger partial charge is 0.120 e. The highest BCUT2D eigenvalue weighted by Crippen LogP contribution is 2.31. The molecular formula is C9H12N2O. The quantitative estimate of drug-likeness (QED) is 0.429. The molecule has 12 heavy (non-hydrogen) atoms. The second-order valence-electron chi connectivity index (χ2n) is 3.11. The second kappa shape index (κ2) is 2.68. The molecule has 0 radical (unpaired) electrons. The molecule has 1 saturated heterocycles. The predicted octanol–water partition coefficient (Wildman–Crippen LogP) is 1.01.